The van der Waals surface area contributed by atoms with Gasteiger partial charge in [0.1, 0.15) is 11.2 Å². The van der Waals surface area contributed by atoms with E-state index in [0.29, 0.717) is 29.7 Å². The maximum Gasteiger partial charge on any atom is 0.264 e. The summed E-state index contributed by atoms with van der Waals surface area (Å²) in [7, 11) is 2.17. The van der Waals surface area contributed by atoms with Crippen LogP contribution in [0.2, 0.25) is 0 Å². The predicted octanol–water partition coefficient (Wildman–Crippen LogP) is 2.13. The SMILES string of the molecule is CCC[C@@H](CCO)Nc1nc(N)nc2ccn(Cc3ccc(CN4CCN(C)CC4)cc3)c(=O)c12. The van der Waals surface area contributed by atoms with Gasteiger partial charge in [0.05, 0.1) is 12.1 Å². The van der Waals surface area contributed by atoms with Crippen molar-refractivity contribution in [1.82, 2.24) is 24.3 Å². The zero-order valence-corrected chi connectivity index (χ0v) is 20.8. The van der Waals surface area contributed by atoms with E-state index in [4.69, 9.17) is 5.73 Å². The largest absolute Gasteiger partial charge is 0.396 e. The maximum atomic E-state index is 13.5. The maximum absolute atomic E-state index is 13.5. The fraction of sp³-hybridized carbons (Fsp3) is 0.500. The number of piperazine rings is 1. The van der Waals surface area contributed by atoms with Gasteiger partial charge >= 0.3 is 0 Å². The average Bonchev–Trinajstić information content (AvgIpc) is 2.83. The first-order chi connectivity index (χ1) is 17.0. The van der Waals surface area contributed by atoms with E-state index in [-0.39, 0.29) is 24.2 Å². The van der Waals surface area contributed by atoms with Gasteiger partial charge in [-0.05, 0) is 37.1 Å². The molecular weight excluding hydrogens is 442 g/mol. The van der Waals surface area contributed by atoms with Crippen LogP contribution >= 0.6 is 0 Å². The molecule has 1 saturated heterocycles. The van der Waals surface area contributed by atoms with E-state index in [1.54, 1.807) is 10.8 Å². The minimum absolute atomic E-state index is 0.00315. The van der Waals surface area contributed by atoms with Gasteiger partial charge in [0.15, 0.2) is 0 Å². The minimum atomic E-state index is -0.161. The molecule has 0 bridgehead atoms. The van der Waals surface area contributed by atoms with E-state index in [9.17, 15) is 9.90 Å². The van der Waals surface area contributed by atoms with Crippen LogP contribution < -0.4 is 16.6 Å². The van der Waals surface area contributed by atoms with E-state index >= 15 is 0 Å². The molecule has 0 aliphatic carbocycles. The Balaban J connectivity index is 1.54. The van der Waals surface area contributed by atoms with Gasteiger partial charge in [0, 0.05) is 51.6 Å². The number of pyridine rings is 1. The van der Waals surface area contributed by atoms with Crippen LogP contribution in [0, 0.1) is 0 Å². The lowest BCUT2D eigenvalue weighted by Gasteiger charge is -2.32. The van der Waals surface area contributed by atoms with Crippen LogP contribution in [-0.2, 0) is 13.1 Å². The van der Waals surface area contributed by atoms with Crippen LogP contribution in [0.5, 0.6) is 0 Å². The van der Waals surface area contributed by atoms with E-state index in [1.807, 2.05) is 6.07 Å². The standard InChI is InChI=1S/C26H37N7O2/c1-3-4-21(10-16-34)28-24-23-22(29-26(27)30-24)9-11-33(25(23)35)18-20-7-5-19(6-8-20)17-32-14-12-31(2)13-15-32/h5-9,11,21,34H,3-4,10,12-18H2,1-2H3,(H3,27,28,29,30)/t21-/m0/s1. The van der Waals surface area contributed by atoms with E-state index in [1.165, 1.54) is 5.56 Å². The third kappa shape index (κ3) is 6.36. The van der Waals surface area contributed by atoms with Crippen molar-refractivity contribution >= 4 is 22.7 Å². The molecule has 3 heterocycles. The average molecular weight is 480 g/mol. The van der Waals surface area contributed by atoms with Gasteiger partial charge in [-0.15, -0.1) is 0 Å². The van der Waals surface area contributed by atoms with Crippen LogP contribution in [0.25, 0.3) is 10.9 Å². The highest BCUT2D eigenvalue weighted by molar-refractivity contribution is 5.89. The number of fused-ring (bicyclic) bond motifs is 1. The van der Waals surface area contributed by atoms with E-state index in [2.05, 4.69) is 63.3 Å². The number of nitrogens with one attached hydrogen (secondary N) is 1. The Kier molecular flexibility index (Phi) is 8.33. The fourth-order valence-corrected chi connectivity index (χ4v) is 4.63. The Morgan fingerprint density at radius 3 is 2.37 bits per heavy atom. The van der Waals surface area contributed by atoms with Gasteiger partial charge in [-0.2, -0.15) is 4.98 Å². The Bertz CT molecular complexity index is 1160. The Labute approximate surface area is 206 Å². The molecule has 1 aliphatic heterocycles. The molecule has 1 aliphatic rings. The smallest absolute Gasteiger partial charge is 0.264 e. The van der Waals surface area contributed by atoms with Crippen molar-refractivity contribution < 1.29 is 5.11 Å². The summed E-state index contributed by atoms with van der Waals surface area (Å²) < 4.78 is 1.68. The zero-order chi connectivity index (χ0) is 24.8. The summed E-state index contributed by atoms with van der Waals surface area (Å²) >= 11 is 0. The lowest BCUT2D eigenvalue weighted by Crippen LogP contribution is -2.43. The van der Waals surface area contributed by atoms with Gasteiger partial charge in [0.25, 0.3) is 5.56 Å². The molecule has 1 fully saturated rings. The monoisotopic (exact) mass is 479 g/mol. The Hall–Kier alpha value is -3.01. The molecule has 0 saturated carbocycles. The summed E-state index contributed by atoms with van der Waals surface area (Å²) in [6, 6.07) is 10.3. The zero-order valence-electron chi connectivity index (χ0n) is 20.8. The number of benzene rings is 1. The highest BCUT2D eigenvalue weighted by atomic mass is 16.3. The van der Waals surface area contributed by atoms with Crippen LogP contribution in [0.1, 0.15) is 37.3 Å². The van der Waals surface area contributed by atoms with Crippen molar-refractivity contribution in [2.45, 2.75) is 45.3 Å². The number of nitrogens with zero attached hydrogens (tertiary/aromatic N) is 5. The van der Waals surface area contributed by atoms with Gasteiger partial charge < -0.3 is 25.6 Å². The van der Waals surface area contributed by atoms with Crippen molar-refractivity contribution in [2.75, 3.05) is 50.9 Å². The highest BCUT2D eigenvalue weighted by Gasteiger charge is 2.17. The quantitative estimate of drug-likeness (QED) is 0.405. The number of likely N-dealkylation sites (N-methyl/N-ethyl adjacent to an activating group) is 1. The second-order valence-corrected chi connectivity index (χ2v) is 9.48. The Morgan fingerprint density at radius 1 is 1.03 bits per heavy atom. The van der Waals surface area contributed by atoms with Crippen molar-refractivity contribution in [3.8, 4) is 0 Å². The summed E-state index contributed by atoms with van der Waals surface area (Å²) in [4.78, 5) is 26.9. The molecule has 35 heavy (non-hydrogen) atoms. The topological polar surface area (TPSA) is 113 Å². The molecule has 0 radical (unpaired) electrons. The second-order valence-electron chi connectivity index (χ2n) is 9.48. The van der Waals surface area contributed by atoms with Gasteiger partial charge in [0.2, 0.25) is 5.95 Å². The number of aliphatic hydroxyl groups excluding tert-OH is 1. The normalized spacial score (nSPS) is 16.0. The number of nitrogen functional groups attached to an aromatic ring is 1. The van der Waals surface area contributed by atoms with Crippen molar-refractivity contribution in [3.05, 3.63) is 58.0 Å². The summed E-state index contributed by atoms with van der Waals surface area (Å²) in [6.45, 7) is 7.94. The number of aromatic nitrogens is 3. The number of anilines is 2. The summed E-state index contributed by atoms with van der Waals surface area (Å²) in [5, 5.41) is 13.2. The number of hydrogen-bond donors (Lipinski definition) is 3. The van der Waals surface area contributed by atoms with Crippen LogP contribution in [-0.4, -0.2) is 75.3 Å². The molecule has 3 aromatic rings. The summed E-state index contributed by atoms with van der Waals surface area (Å²) in [5.41, 5.74) is 8.62. The van der Waals surface area contributed by atoms with E-state index in [0.717, 1.165) is 51.1 Å². The third-order valence-electron chi connectivity index (χ3n) is 6.67. The van der Waals surface area contributed by atoms with Crippen molar-refractivity contribution in [1.29, 1.82) is 0 Å². The third-order valence-corrected chi connectivity index (χ3v) is 6.67. The summed E-state index contributed by atoms with van der Waals surface area (Å²) in [5.74, 6) is 0.550. The van der Waals surface area contributed by atoms with Crippen LogP contribution in [0.3, 0.4) is 0 Å². The van der Waals surface area contributed by atoms with Gasteiger partial charge in [-0.1, -0.05) is 37.6 Å². The molecule has 188 valence electrons. The first kappa shape index (κ1) is 25.1. The number of hydrogen-bond acceptors (Lipinski definition) is 8. The number of nitrogens with two attached hydrogens (primary N) is 1. The molecular formula is C26H37N7O2. The number of aliphatic hydroxyl groups is 1. The molecule has 1 aromatic carbocycles. The van der Waals surface area contributed by atoms with E-state index < -0.39 is 0 Å². The lowest BCUT2D eigenvalue weighted by atomic mass is 10.1. The van der Waals surface area contributed by atoms with Crippen molar-refractivity contribution in [3.63, 3.8) is 0 Å². The Morgan fingerprint density at radius 2 is 1.71 bits per heavy atom. The molecule has 9 nitrogen and oxygen atoms in total. The fourth-order valence-electron chi connectivity index (χ4n) is 4.63. The van der Waals surface area contributed by atoms with Gasteiger partial charge in [-0.25, -0.2) is 4.98 Å². The highest BCUT2D eigenvalue weighted by Crippen LogP contribution is 2.21. The predicted molar refractivity (Wildman–Crippen MR) is 141 cm³/mol. The minimum Gasteiger partial charge on any atom is -0.396 e. The van der Waals surface area contributed by atoms with Crippen molar-refractivity contribution in [2.24, 2.45) is 0 Å². The second kappa shape index (κ2) is 11.6. The molecule has 9 heteroatoms. The molecule has 1 atom stereocenters. The molecule has 0 spiro atoms. The first-order valence-electron chi connectivity index (χ1n) is 12.5. The number of rotatable bonds is 10. The lowest BCUT2D eigenvalue weighted by molar-refractivity contribution is 0.148. The van der Waals surface area contributed by atoms with Gasteiger partial charge in [-0.3, -0.25) is 9.69 Å². The molecule has 0 amide bonds. The van der Waals surface area contributed by atoms with Crippen LogP contribution in [0.4, 0.5) is 11.8 Å². The molecule has 0 unspecified atom stereocenters. The molecule has 2 aromatic heterocycles. The molecule has 4 N–H and O–H groups in total. The first-order valence-corrected chi connectivity index (χ1v) is 12.5. The molecule has 4 rings (SSSR count). The summed E-state index contributed by atoms with van der Waals surface area (Å²) in [6.07, 6.45) is 4.13. The van der Waals surface area contributed by atoms with Crippen LogP contribution in [0.15, 0.2) is 41.3 Å².